The number of aryl methyl sites for hydroxylation is 1. The lowest BCUT2D eigenvalue weighted by molar-refractivity contribution is 0.462. The van der Waals surface area contributed by atoms with Gasteiger partial charge >= 0.3 is 0 Å². The molecule has 18 heavy (non-hydrogen) atoms. The molecule has 0 saturated carbocycles. The zero-order chi connectivity index (χ0) is 13.1. The van der Waals surface area contributed by atoms with E-state index in [1.165, 1.54) is 0 Å². The maximum atomic E-state index is 5.89. The summed E-state index contributed by atoms with van der Waals surface area (Å²) in [5.74, 6) is 1.75. The van der Waals surface area contributed by atoms with Gasteiger partial charge in [0.05, 0.1) is 5.69 Å². The van der Waals surface area contributed by atoms with Gasteiger partial charge in [0.1, 0.15) is 5.82 Å². The third-order valence-electron chi connectivity index (χ3n) is 2.48. The molecule has 2 aromatic rings. The Hall–Kier alpha value is -2.30. The lowest BCUT2D eigenvalue weighted by atomic mass is 10.2. The van der Waals surface area contributed by atoms with Crippen molar-refractivity contribution >= 4 is 11.4 Å². The molecule has 0 aliphatic rings. The van der Waals surface area contributed by atoms with Crippen molar-refractivity contribution in [3.05, 3.63) is 36.3 Å². The van der Waals surface area contributed by atoms with Gasteiger partial charge in [-0.25, -0.2) is 4.98 Å². The standard InChI is InChI=1S/C13H16N4O/c1-9-15-7-6-13(16-9)18-12-8-10(17(2)3)4-5-11(12)14/h4-8H,14H2,1-3H3. The molecule has 5 nitrogen and oxygen atoms in total. The number of nitrogen functional groups attached to an aromatic ring is 1. The van der Waals surface area contributed by atoms with Crippen LogP contribution in [0.15, 0.2) is 30.5 Å². The molecule has 0 amide bonds. The van der Waals surface area contributed by atoms with Crippen LogP contribution in [0, 0.1) is 6.92 Å². The highest BCUT2D eigenvalue weighted by molar-refractivity contribution is 5.62. The van der Waals surface area contributed by atoms with Crippen molar-refractivity contribution in [2.45, 2.75) is 6.92 Å². The largest absolute Gasteiger partial charge is 0.437 e. The number of hydrogen-bond donors (Lipinski definition) is 1. The smallest absolute Gasteiger partial charge is 0.222 e. The Kier molecular flexibility index (Phi) is 3.32. The molecule has 2 N–H and O–H groups in total. The first-order valence-corrected chi connectivity index (χ1v) is 5.60. The van der Waals surface area contributed by atoms with Crippen molar-refractivity contribution in [2.75, 3.05) is 24.7 Å². The molecule has 1 aromatic carbocycles. The summed E-state index contributed by atoms with van der Waals surface area (Å²) in [6.07, 6.45) is 1.66. The molecule has 0 fully saturated rings. The normalized spacial score (nSPS) is 10.2. The van der Waals surface area contributed by atoms with Crippen LogP contribution in [-0.4, -0.2) is 24.1 Å². The predicted octanol–water partition coefficient (Wildman–Crippen LogP) is 2.23. The SMILES string of the molecule is Cc1nccc(Oc2cc(N(C)C)ccc2N)n1. The number of anilines is 2. The van der Waals surface area contributed by atoms with E-state index in [0.29, 0.717) is 23.1 Å². The zero-order valence-corrected chi connectivity index (χ0v) is 10.7. The minimum Gasteiger partial charge on any atom is -0.437 e. The zero-order valence-electron chi connectivity index (χ0n) is 10.7. The average molecular weight is 244 g/mol. The molecule has 0 aliphatic heterocycles. The van der Waals surface area contributed by atoms with Crippen molar-refractivity contribution in [3.8, 4) is 11.6 Å². The molecule has 1 aromatic heterocycles. The fourth-order valence-corrected chi connectivity index (χ4v) is 1.49. The summed E-state index contributed by atoms with van der Waals surface area (Å²) in [4.78, 5) is 10.2. The second-order valence-corrected chi connectivity index (χ2v) is 4.16. The fourth-order valence-electron chi connectivity index (χ4n) is 1.49. The minimum atomic E-state index is 0.491. The Balaban J connectivity index is 2.30. The summed E-state index contributed by atoms with van der Waals surface area (Å²) in [5.41, 5.74) is 7.49. The number of benzene rings is 1. The molecular weight excluding hydrogens is 228 g/mol. The van der Waals surface area contributed by atoms with Crippen molar-refractivity contribution in [3.63, 3.8) is 0 Å². The quantitative estimate of drug-likeness (QED) is 0.839. The van der Waals surface area contributed by atoms with Gasteiger partial charge in [0.2, 0.25) is 5.88 Å². The van der Waals surface area contributed by atoms with E-state index in [1.54, 1.807) is 12.3 Å². The molecule has 94 valence electrons. The van der Waals surface area contributed by atoms with Crippen molar-refractivity contribution < 1.29 is 4.74 Å². The van der Waals surface area contributed by atoms with Crippen LogP contribution in [0.4, 0.5) is 11.4 Å². The molecule has 0 bridgehead atoms. The number of nitrogens with zero attached hydrogens (tertiary/aromatic N) is 3. The third kappa shape index (κ3) is 2.68. The number of hydrogen-bond acceptors (Lipinski definition) is 5. The molecular formula is C13H16N4O. The molecule has 0 atom stereocenters. The van der Waals surface area contributed by atoms with Gasteiger partial charge in [-0.1, -0.05) is 0 Å². The van der Waals surface area contributed by atoms with Crippen molar-refractivity contribution in [1.82, 2.24) is 9.97 Å². The van der Waals surface area contributed by atoms with Gasteiger partial charge in [-0.15, -0.1) is 0 Å². The second kappa shape index (κ2) is 4.91. The van der Waals surface area contributed by atoms with Crippen LogP contribution in [0.5, 0.6) is 11.6 Å². The van der Waals surface area contributed by atoms with E-state index in [2.05, 4.69) is 9.97 Å². The first-order valence-electron chi connectivity index (χ1n) is 5.60. The third-order valence-corrected chi connectivity index (χ3v) is 2.48. The van der Waals surface area contributed by atoms with Gasteiger partial charge in [0.15, 0.2) is 5.75 Å². The highest BCUT2D eigenvalue weighted by Gasteiger charge is 2.06. The predicted molar refractivity (Wildman–Crippen MR) is 72.0 cm³/mol. The average Bonchev–Trinajstić information content (AvgIpc) is 2.31. The van der Waals surface area contributed by atoms with Gasteiger partial charge in [0, 0.05) is 38.1 Å². The second-order valence-electron chi connectivity index (χ2n) is 4.16. The summed E-state index contributed by atoms with van der Waals surface area (Å²) in [7, 11) is 3.92. The summed E-state index contributed by atoms with van der Waals surface area (Å²) >= 11 is 0. The van der Waals surface area contributed by atoms with Crippen LogP contribution in [0.1, 0.15) is 5.82 Å². The van der Waals surface area contributed by atoms with Gasteiger partial charge in [-0.3, -0.25) is 0 Å². The van der Waals surface area contributed by atoms with Gasteiger partial charge in [0.25, 0.3) is 0 Å². The van der Waals surface area contributed by atoms with Crippen LogP contribution in [0.3, 0.4) is 0 Å². The summed E-state index contributed by atoms with van der Waals surface area (Å²) in [6, 6.07) is 7.34. The molecule has 1 heterocycles. The monoisotopic (exact) mass is 244 g/mol. The Bertz CT molecular complexity index is 554. The molecule has 0 saturated heterocycles. The Morgan fingerprint density at radius 1 is 1.22 bits per heavy atom. The van der Waals surface area contributed by atoms with Crippen molar-refractivity contribution in [2.24, 2.45) is 0 Å². The molecule has 0 radical (unpaired) electrons. The van der Waals surface area contributed by atoms with Crippen LogP contribution in [0.25, 0.3) is 0 Å². The van der Waals surface area contributed by atoms with E-state index in [4.69, 9.17) is 10.5 Å². The first kappa shape index (κ1) is 12.2. The van der Waals surface area contributed by atoms with E-state index >= 15 is 0 Å². The van der Waals surface area contributed by atoms with Crippen LogP contribution >= 0.6 is 0 Å². The molecule has 0 aliphatic carbocycles. The number of aromatic nitrogens is 2. The van der Waals surface area contributed by atoms with Gasteiger partial charge in [-0.2, -0.15) is 4.98 Å². The van der Waals surface area contributed by atoms with Gasteiger partial charge < -0.3 is 15.4 Å². The van der Waals surface area contributed by atoms with Gasteiger partial charge in [-0.05, 0) is 19.1 Å². The van der Waals surface area contributed by atoms with E-state index < -0.39 is 0 Å². The van der Waals surface area contributed by atoms with E-state index in [0.717, 1.165) is 5.69 Å². The maximum absolute atomic E-state index is 5.89. The number of rotatable bonds is 3. The summed E-state index contributed by atoms with van der Waals surface area (Å²) in [6.45, 7) is 1.81. The molecule has 2 rings (SSSR count). The van der Waals surface area contributed by atoms with E-state index in [1.807, 2.05) is 44.1 Å². The van der Waals surface area contributed by atoms with Crippen LogP contribution in [0.2, 0.25) is 0 Å². The lowest BCUT2D eigenvalue weighted by Gasteiger charge is -2.15. The Labute approximate surface area is 106 Å². The maximum Gasteiger partial charge on any atom is 0.222 e. The van der Waals surface area contributed by atoms with E-state index in [9.17, 15) is 0 Å². The number of nitrogens with two attached hydrogens (primary N) is 1. The highest BCUT2D eigenvalue weighted by Crippen LogP contribution is 2.30. The lowest BCUT2D eigenvalue weighted by Crippen LogP contribution is -2.08. The Morgan fingerprint density at radius 3 is 2.67 bits per heavy atom. The van der Waals surface area contributed by atoms with Crippen molar-refractivity contribution in [1.29, 1.82) is 0 Å². The van der Waals surface area contributed by atoms with E-state index in [-0.39, 0.29) is 0 Å². The summed E-state index contributed by atoms with van der Waals surface area (Å²) in [5, 5.41) is 0. The Morgan fingerprint density at radius 2 is 2.00 bits per heavy atom. The van der Waals surface area contributed by atoms with Crippen LogP contribution < -0.4 is 15.4 Å². The first-order chi connectivity index (χ1) is 8.56. The molecule has 0 unspecified atom stereocenters. The topological polar surface area (TPSA) is 64.3 Å². The fraction of sp³-hybridized carbons (Fsp3) is 0.231. The molecule has 0 spiro atoms. The highest BCUT2D eigenvalue weighted by atomic mass is 16.5. The number of ether oxygens (including phenoxy) is 1. The molecule has 5 heteroatoms. The van der Waals surface area contributed by atoms with Crippen LogP contribution in [-0.2, 0) is 0 Å². The summed E-state index contributed by atoms with van der Waals surface area (Å²) < 4.78 is 5.68. The minimum absolute atomic E-state index is 0.491.